The Morgan fingerprint density at radius 3 is 2.43 bits per heavy atom. The van der Waals surface area contributed by atoms with Gasteiger partial charge in [-0.05, 0) is 26.6 Å². The van der Waals surface area contributed by atoms with Crippen molar-refractivity contribution < 1.29 is 24.7 Å². The Hall–Kier alpha value is -1.16. The van der Waals surface area contributed by atoms with Crippen molar-refractivity contribution in [2.45, 2.75) is 44.1 Å². The third kappa shape index (κ3) is 4.16. The van der Waals surface area contributed by atoms with Crippen LogP contribution >= 0.6 is 0 Å². The van der Waals surface area contributed by atoms with E-state index >= 15 is 0 Å². The molecule has 1 amide bonds. The molecule has 0 aromatic rings. The highest BCUT2D eigenvalue weighted by atomic mass is 16.4. The third-order valence-corrected chi connectivity index (χ3v) is 3.87. The molecule has 0 bridgehead atoms. The largest absolute Gasteiger partial charge is 0.480 e. The smallest absolute Gasteiger partial charge is 0.451 e. The number of rotatable bonds is 6. The number of likely N-dealkylation sites (tertiary alicyclic amines) is 1. The quantitative estimate of drug-likeness (QED) is 0.364. The van der Waals surface area contributed by atoms with Crippen LogP contribution in [0.4, 0.5) is 0 Å². The summed E-state index contributed by atoms with van der Waals surface area (Å²) in [7, 11) is -1.43. The van der Waals surface area contributed by atoms with Gasteiger partial charge in [-0.15, -0.1) is 0 Å². The molecule has 1 aliphatic heterocycles. The van der Waals surface area contributed by atoms with Crippen LogP contribution in [0.5, 0.6) is 0 Å². The topological polar surface area (TPSA) is 150 Å². The molecular weight excluding hydrogens is 277 g/mol. The molecule has 7 N–H and O–H groups in total. The van der Waals surface area contributed by atoms with Gasteiger partial charge in [-0.1, -0.05) is 6.42 Å². The van der Waals surface area contributed by atoms with E-state index in [4.69, 9.17) is 21.5 Å². The first-order valence-electron chi connectivity index (χ1n) is 6.95. The van der Waals surface area contributed by atoms with Crippen molar-refractivity contribution in [3.8, 4) is 0 Å². The van der Waals surface area contributed by atoms with Crippen LogP contribution in [0, 0.1) is 5.92 Å². The fourth-order valence-electron chi connectivity index (χ4n) is 2.64. The predicted molar refractivity (Wildman–Crippen MR) is 77.1 cm³/mol. The molecular formula is C12H24BN3O5. The molecule has 8 nitrogen and oxygen atoms in total. The van der Waals surface area contributed by atoms with Gasteiger partial charge >= 0.3 is 13.1 Å². The molecule has 1 saturated heterocycles. The van der Waals surface area contributed by atoms with E-state index in [0.29, 0.717) is 12.8 Å². The van der Waals surface area contributed by atoms with Crippen molar-refractivity contribution in [2.75, 3.05) is 13.1 Å². The molecule has 1 aliphatic rings. The minimum absolute atomic E-state index is 0.0891. The summed E-state index contributed by atoms with van der Waals surface area (Å²) >= 11 is 0. The SMILES string of the molecule is CC(C)(N)C(=O)N1C[C@H](CCCB(O)O)[C@](N)(C(=O)O)C1. The van der Waals surface area contributed by atoms with Gasteiger partial charge < -0.3 is 31.5 Å². The number of amides is 1. The summed E-state index contributed by atoms with van der Waals surface area (Å²) in [4.78, 5) is 25.0. The molecule has 0 aromatic carbocycles. The van der Waals surface area contributed by atoms with Crippen LogP contribution in [0.25, 0.3) is 0 Å². The van der Waals surface area contributed by atoms with Gasteiger partial charge in [0.25, 0.3) is 0 Å². The minimum atomic E-state index is -1.53. The summed E-state index contributed by atoms with van der Waals surface area (Å²) < 4.78 is 0. The summed E-state index contributed by atoms with van der Waals surface area (Å²) in [5.41, 5.74) is 9.12. The highest BCUT2D eigenvalue weighted by molar-refractivity contribution is 6.40. The van der Waals surface area contributed by atoms with Crippen LogP contribution in [-0.2, 0) is 9.59 Å². The number of carbonyl (C=O) groups is 2. The molecule has 2 atom stereocenters. The van der Waals surface area contributed by atoms with E-state index in [1.807, 2.05) is 0 Å². The average Bonchev–Trinajstić information content (AvgIpc) is 2.66. The van der Waals surface area contributed by atoms with Crippen LogP contribution < -0.4 is 11.5 Å². The third-order valence-electron chi connectivity index (χ3n) is 3.87. The Balaban J connectivity index is 2.81. The van der Waals surface area contributed by atoms with Crippen LogP contribution in [-0.4, -0.2) is 63.2 Å². The summed E-state index contributed by atoms with van der Waals surface area (Å²) in [6.45, 7) is 3.24. The molecule has 21 heavy (non-hydrogen) atoms. The lowest BCUT2D eigenvalue weighted by molar-refractivity contribution is -0.144. The van der Waals surface area contributed by atoms with Crippen LogP contribution in [0.2, 0.25) is 6.32 Å². The van der Waals surface area contributed by atoms with Gasteiger partial charge in [0.15, 0.2) is 0 Å². The zero-order valence-electron chi connectivity index (χ0n) is 12.5. The van der Waals surface area contributed by atoms with Crippen LogP contribution in [0.1, 0.15) is 26.7 Å². The highest BCUT2D eigenvalue weighted by Gasteiger charge is 2.51. The average molecular weight is 301 g/mol. The van der Waals surface area contributed by atoms with Gasteiger partial charge in [-0.2, -0.15) is 0 Å². The second-order valence-corrected chi connectivity index (χ2v) is 6.36. The number of carboxylic acid groups (broad SMARTS) is 1. The number of hydrogen-bond acceptors (Lipinski definition) is 6. The second-order valence-electron chi connectivity index (χ2n) is 6.36. The maximum atomic E-state index is 12.2. The van der Waals surface area contributed by atoms with Gasteiger partial charge in [0.05, 0.1) is 5.54 Å². The first kappa shape index (κ1) is 17.9. The Morgan fingerprint density at radius 2 is 2.00 bits per heavy atom. The van der Waals surface area contributed by atoms with Gasteiger partial charge in [0.1, 0.15) is 5.54 Å². The number of aliphatic carboxylic acids is 1. The monoisotopic (exact) mass is 301 g/mol. The lowest BCUT2D eigenvalue weighted by Crippen LogP contribution is -2.56. The summed E-state index contributed by atoms with van der Waals surface area (Å²) in [5, 5.41) is 27.0. The van der Waals surface area contributed by atoms with E-state index in [1.165, 1.54) is 4.90 Å². The van der Waals surface area contributed by atoms with E-state index in [-0.39, 0.29) is 25.3 Å². The fourth-order valence-corrected chi connectivity index (χ4v) is 2.64. The zero-order chi connectivity index (χ0) is 16.4. The van der Waals surface area contributed by atoms with Gasteiger partial charge in [-0.25, -0.2) is 0 Å². The van der Waals surface area contributed by atoms with E-state index in [9.17, 15) is 14.7 Å². The van der Waals surface area contributed by atoms with Crippen molar-refractivity contribution in [1.29, 1.82) is 0 Å². The molecule has 9 heteroatoms. The number of carbonyl (C=O) groups excluding carboxylic acids is 1. The Labute approximate surface area is 124 Å². The van der Waals surface area contributed by atoms with Gasteiger partial charge in [0.2, 0.25) is 5.91 Å². The summed E-state index contributed by atoms with van der Waals surface area (Å²) in [6, 6.07) is 0. The van der Waals surface area contributed by atoms with E-state index in [1.54, 1.807) is 13.8 Å². The molecule has 1 rings (SSSR count). The fraction of sp³-hybridized carbons (Fsp3) is 0.833. The maximum absolute atomic E-state index is 12.2. The normalized spacial score (nSPS) is 26.0. The van der Waals surface area contributed by atoms with Crippen molar-refractivity contribution in [3.05, 3.63) is 0 Å². The number of hydrogen-bond donors (Lipinski definition) is 5. The summed E-state index contributed by atoms with van der Waals surface area (Å²) in [6.07, 6.45) is 0.959. The number of nitrogens with two attached hydrogens (primary N) is 2. The second kappa shape index (κ2) is 6.31. The van der Waals surface area contributed by atoms with E-state index in [2.05, 4.69) is 0 Å². The first-order chi connectivity index (χ1) is 9.48. The van der Waals surface area contributed by atoms with Crippen molar-refractivity contribution in [2.24, 2.45) is 17.4 Å². The molecule has 0 saturated carbocycles. The van der Waals surface area contributed by atoms with Crippen LogP contribution in [0.3, 0.4) is 0 Å². The zero-order valence-corrected chi connectivity index (χ0v) is 12.5. The molecule has 1 heterocycles. The standard InChI is InChI=1S/C12H24BN3O5/c1-11(2,14)9(17)16-6-8(4-3-5-13(20)21)12(15,7-16)10(18)19/h8,20-21H,3-7,14-15H2,1-2H3,(H,18,19)/t8-,12-/m0/s1. The van der Waals surface area contributed by atoms with E-state index < -0.39 is 30.1 Å². The lowest BCUT2D eigenvalue weighted by atomic mass is 9.78. The van der Waals surface area contributed by atoms with Crippen LogP contribution in [0.15, 0.2) is 0 Å². The van der Waals surface area contributed by atoms with Crippen molar-refractivity contribution in [3.63, 3.8) is 0 Å². The Kier molecular flexibility index (Phi) is 5.37. The van der Waals surface area contributed by atoms with Crippen molar-refractivity contribution >= 4 is 19.0 Å². The molecule has 0 radical (unpaired) electrons. The summed E-state index contributed by atoms with van der Waals surface area (Å²) in [5.74, 6) is -1.95. The molecule has 0 aromatic heterocycles. The molecule has 0 aliphatic carbocycles. The molecule has 1 fully saturated rings. The Bertz CT molecular complexity index is 412. The first-order valence-corrected chi connectivity index (χ1v) is 6.95. The number of nitrogens with zero attached hydrogens (tertiary/aromatic N) is 1. The highest BCUT2D eigenvalue weighted by Crippen LogP contribution is 2.31. The molecule has 0 spiro atoms. The van der Waals surface area contributed by atoms with Gasteiger partial charge in [-0.3, -0.25) is 9.59 Å². The lowest BCUT2D eigenvalue weighted by Gasteiger charge is -2.27. The Morgan fingerprint density at radius 1 is 1.43 bits per heavy atom. The van der Waals surface area contributed by atoms with E-state index in [0.717, 1.165) is 0 Å². The maximum Gasteiger partial charge on any atom is 0.451 e. The molecule has 120 valence electrons. The van der Waals surface area contributed by atoms with Crippen molar-refractivity contribution in [1.82, 2.24) is 4.90 Å². The molecule has 0 unspecified atom stereocenters. The predicted octanol–water partition coefficient (Wildman–Crippen LogP) is -1.78. The van der Waals surface area contributed by atoms with Gasteiger partial charge in [0, 0.05) is 19.0 Å². The minimum Gasteiger partial charge on any atom is -0.480 e. The number of carboxylic acids is 1.